The fourth-order valence-electron chi connectivity index (χ4n) is 2.89. The Morgan fingerprint density at radius 2 is 2.00 bits per heavy atom. The van der Waals surface area contributed by atoms with Crippen LogP contribution in [-0.4, -0.2) is 33.7 Å². The number of rotatable bonds is 8. The molecule has 0 aliphatic carbocycles. The molecule has 1 amide bonds. The van der Waals surface area contributed by atoms with Gasteiger partial charge in [0, 0.05) is 5.56 Å². The van der Waals surface area contributed by atoms with Gasteiger partial charge in [-0.1, -0.05) is 17.7 Å². The molecule has 0 bridgehead atoms. The molecule has 2 aromatic carbocycles. The molecule has 0 fully saturated rings. The summed E-state index contributed by atoms with van der Waals surface area (Å²) in [6.07, 6.45) is 0. The molecule has 0 aliphatic rings. The molecule has 7 heteroatoms. The number of carbonyl (C=O) groups excluding carboxylic acids is 1. The molecule has 0 aromatic heterocycles. The first kappa shape index (κ1) is 21.0. The molecule has 5 nitrogen and oxygen atoms in total. The van der Waals surface area contributed by atoms with Crippen molar-refractivity contribution in [2.75, 3.05) is 27.8 Å². The van der Waals surface area contributed by atoms with Crippen LogP contribution in [0.4, 0.5) is 4.39 Å². The van der Waals surface area contributed by atoms with Crippen LogP contribution in [0, 0.1) is 5.82 Å². The van der Waals surface area contributed by atoms with E-state index in [2.05, 4.69) is 5.32 Å². The van der Waals surface area contributed by atoms with Crippen LogP contribution in [0.25, 0.3) is 0 Å². The number of quaternary nitrogens is 1. The van der Waals surface area contributed by atoms with Crippen molar-refractivity contribution in [2.45, 2.75) is 19.5 Å². The van der Waals surface area contributed by atoms with Crippen LogP contribution < -0.4 is 19.7 Å². The molecular weight excluding hydrogens is 371 g/mol. The van der Waals surface area contributed by atoms with E-state index in [1.165, 1.54) is 6.07 Å². The van der Waals surface area contributed by atoms with Crippen molar-refractivity contribution in [2.24, 2.45) is 0 Å². The lowest BCUT2D eigenvalue weighted by Crippen LogP contribution is -3.09. The number of benzene rings is 2. The van der Waals surface area contributed by atoms with E-state index in [0.29, 0.717) is 28.6 Å². The number of amides is 1. The number of hydrogen-bond acceptors (Lipinski definition) is 3. The lowest BCUT2D eigenvalue weighted by Gasteiger charge is -2.20. The standard InChI is InChI=1S/C20H24ClFN2O3/c1-13(15-10-14(26-3)8-9-19(15)27-4)23-20(25)12-24(2)11-16-17(21)6-5-7-18(16)22/h5-10,13H,11-12H2,1-4H3,(H,23,25)/p+1/t13-/m0/s1. The van der Waals surface area contributed by atoms with Gasteiger partial charge in [-0.3, -0.25) is 4.79 Å². The second-order valence-corrected chi connectivity index (χ2v) is 6.82. The minimum Gasteiger partial charge on any atom is -0.497 e. The van der Waals surface area contributed by atoms with E-state index in [1.54, 1.807) is 38.5 Å². The minimum atomic E-state index is -0.364. The van der Waals surface area contributed by atoms with Crippen LogP contribution in [0.1, 0.15) is 24.1 Å². The molecule has 0 saturated heterocycles. The molecule has 146 valence electrons. The number of nitrogens with one attached hydrogen (secondary N) is 2. The predicted molar refractivity (Wildman–Crippen MR) is 103 cm³/mol. The first-order valence-corrected chi connectivity index (χ1v) is 8.99. The number of methoxy groups -OCH3 is 2. The highest BCUT2D eigenvalue weighted by Crippen LogP contribution is 2.29. The summed E-state index contributed by atoms with van der Waals surface area (Å²) in [6.45, 7) is 2.37. The van der Waals surface area contributed by atoms with Gasteiger partial charge < -0.3 is 19.7 Å². The molecular formula is C20H25ClFN2O3+. The predicted octanol–water partition coefficient (Wildman–Crippen LogP) is 2.39. The Kier molecular flexibility index (Phi) is 7.45. The van der Waals surface area contributed by atoms with Crippen molar-refractivity contribution in [3.8, 4) is 11.5 Å². The molecule has 27 heavy (non-hydrogen) atoms. The number of likely N-dealkylation sites (N-methyl/N-ethyl adjacent to an activating group) is 1. The summed E-state index contributed by atoms with van der Waals surface area (Å²) in [5.74, 6) is 0.834. The topological polar surface area (TPSA) is 52.0 Å². The number of halogens is 2. The summed E-state index contributed by atoms with van der Waals surface area (Å²) in [7, 11) is 4.98. The number of ether oxygens (including phenoxy) is 2. The zero-order chi connectivity index (χ0) is 20.0. The van der Waals surface area contributed by atoms with Gasteiger partial charge in [0.2, 0.25) is 0 Å². The van der Waals surface area contributed by atoms with Gasteiger partial charge in [-0.05, 0) is 37.3 Å². The zero-order valence-electron chi connectivity index (χ0n) is 15.9. The summed E-state index contributed by atoms with van der Waals surface area (Å²) in [5, 5.41) is 3.31. The third-order valence-corrected chi connectivity index (χ3v) is 4.64. The molecule has 0 radical (unpaired) electrons. The van der Waals surface area contributed by atoms with Gasteiger partial charge in [0.25, 0.3) is 5.91 Å². The molecule has 2 aromatic rings. The minimum absolute atomic E-state index is 0.155. The highest BCUT2D eigenvalue weighted by molar-refractivity contribution is 6.31. The van der Waals surface area contributed by atoms with Crippen molar-refractivity contribution < 1.29 is 23.6 Å². The second kappa shape index (κ2) is 9.58. The lowest BCUT2D eigenvalue weighted by molar-refractivity contribution is -0.885. The Morgan fingerprint density at radius 3 is 2.63 bits per heavy atom. The summed E-state index contributed by atoms with van der Waals surface area (Å²) in [6, 6.07) is 9.73. The third-order valence-electron chi connectivity index (χ3n) is 4.28. The van der Waals surface area contributed by atoms with Crippen LogP contribution in [0.15, 0.2) is 36.4 Å². The summed E-state index contributed by atoms with van der Waals surface area (Å²) < 4.78 is 24.5. The van der Waals surface area contributed by atoms with Crippen LogP contribution in [0.5, 0.6) is 11.5 Å². The van der Waals surface area contributed by atoms with E-state index in [0.717, 1.165) is 10.5 Å². The molecule has 0 aliphatic heterocycles. The summed E-state index contributed by atoms with van der Waals surface area (Å²) in [5.41, 5.74) is 1.23. The Morgan fingerprint density at radius 1 is 1.26 bits per heavy atom. The maximum Gasteiger partial charge on any atom is 0.275 e. The Bertz CT molecular complexity index is 781. The van der Waals surface area contributed by atoms with E-state index >= 15 is 0 Å². The van der Waals surface area contributed by atoms with E-state index in [4.69, 9.17) is 21.1 Å². The molecule has 0 spiro atoms. The zero-order valence-corrected chi connectivity index (χ0v) is 16.7. The first-order valence-electron chi connectivity index (χ1n) is 8.61. The largest absolute Gasteiger partial charge is 0.497 e. The molecule has 2 N–H and O–H groups in total. The molecule has 0 saturated carbocycles. The van der Waals surface area contributed by atoms with Gasteiger partial charge in [-0.2, -0.15) is 0 Å². The van der Waals surface area contributed by atoms with Crippen LogP contribution >= 0.6 is 11.6 Å². The van der Waals surface area contributed by atoms with Crippen molar-refractivity contribution in [3.63, 3.8) is 0 Å². The van der Waals surface area contributed by atoms with Gasteiger partial charge in [-0.15, -0.1) is 0 Å². The molecule has 2 rings (SSSR count). The molecule has 0 heterocycles. The van der Waals surface area contributed by atoms with Crippen LogP contribution in [0.3, 0.4) is 0 Å². The van der Waals surface area contributed by atoms with Crippen molar-refractivity contribution in [3.05, 3.63) is 58.4 Å². The third kappa shape index (κ3) is 5.58. The van der Waals surface area contributed by atoms with Crippen molar-refractivity contribution >= 4 is 17.5 Å². The summed E-state index contributed by atoms with van der Waals surface area (Å²) in [4.78, 5) is 13.2. The molecule has 1 unspecified atom stereocenters. The highest BCUT2D eigenvalue weighted by Gasteiger charge is 2.19. The van der Waals surface area contributed by atoms with Gasteiger partial charge in [0.05, 0.1) is 37.9 Å². The smallest absolute Gasteiger partial charge is 0.275 e. The Balaban J connectivity index is 2.00. The van der Waals surface area contributed by atoms with E-state index in [-0.39, 0.29) is 24.3 Å². The quantitative estimate of drug-likeness (QED) is 0.721. The average molecular weight is 396 g/mol. The van der Waals surface area contributed by atoms with Gasteiger partial charge in [-0.25, -0.2) is 4.39 Å². The van der Waals surface area contributed by atoms with E-state index in [1.807, 2.05) is 20.0 Å². The highest BCUT2D eigenvalue weighted by atomic mass is 35.5. The van der Waals surface area contributed by atoms with E-state index < -0.39 is 0 Å². The normalized spacial score (nSPS) is 13.0. The van der Waals surface area contributed by atoms with Gasteiger partial charge in [0.15, 0.2) is 6.54 Å². The second-order valence-electron chi connectivity index (χ2n) is 6.41. The fraction of sp³-hybridized carbons (Fsp3) is 0.350. The van der Waals surface area contributed by atoms with Crippen molar-refractivity contribution in [1.29, 1.82) is 0 Å². The Labute approximate surface area is 164 Å². The number of hydrogen-bond donors (Lipinski definition) is 2. The van der Waals surface area contributed by atoms with Crippen LogP contribution in [0.2, 0.25) is 5.02 Å². The fourth-order valence-corrected chi connectivity index (χ4v) is 3.12. The average Bonchev–Trinajstić information content (AvgIpc) is 2.64. The van der Waals surface area contributed by atoms with Gasteiger partial charge >= 0.3 is 0 Å². The maximum absolute atomic E-state index is 13.9. The van der Waals surface area contributed by atoms with E-state index in [9.17, 15) is 9.18 Å². The van der Waals surface area contributed by atoms with Crippen molar-refractivity contribution in [1.82, 2.24) is 5.32 Å². The van der Waals surface area contributed by atoms with Crippen LogP contribution in [-0.2, 0) is 11.3 Å². The van der Waals surface area contributed by atoms with Gasteiger partial charge in [0.1, 0.15) is 23.9 Å². The lowest BCUT2D eigenvalue weighted by atomic mass is 10.1. The summed E-state index contributed by atoms with van der Waals surface area (Å²) >= 11 is 6.06. The first-order chi connectivity index (χ1) is 12.8. The number of carbonyl (C=O) groups is 1. The molecule has 2 atom stereocenters. The maximum atomic E-state index is 13.9. The Hall–Kier alpha value is -2.31. The SMILES string of the molecule is COc1ccc(OC)c([C@H](C)NC(=O)C[NH+](C)Cc2c(F)cccc2Cl)c1. The monoisotopic (exact) mass is 395 g/mol.